The van der Waals surface area contributed by atoms with Crippen molar-refractivity contribution in [3.05, 3.63) is 47.0 Å². The minimum atomic E-state index is -4.06. The highest BCUT2D eigenvalue weighted by molar-refractivity contribution is 7.92. The molecule has 0 spiro atoms. The van der Waals surface area contributed by atoms with Gasteiger partial charge in [0.1, 0.15) is 23.0 Å². The molecule has 2 aromatic rings. The van der Waals surface area contributed by atoms with E-state index in [4.69, 9.17) is 30.9 Å². The van der Waals surface area contributed by atoms with E-state index in [1.165, 1.54) is 58.4 Å². The molecule has 0 aliphatic rings. The van der Waals surface area contributed by atoms with E-state index in [1.54, 1.807) is 6.07 Å². The van der Waals surface area contributed by atoms with Gasteiger partial charge in [0.2, 0.25) is 0 Å². The minimum absolute atomic E-state index is 0.116. The lowest BCUT2D eigenvalue weighted by atomic mass is 10.1. The number of rotatable bonds is 8. The van der Waals surface area contributed by atoms with Crippen molar-refractivity contribution >= 4 is 33.3 Å². The molecule has 2 aromatic carbocycles. The van der Waals surface area contributed by atoms with Gasteiger partial charge in [-0.3, -0.25) is 4.72 Å². The van der Waals surface area contributed by atoms with Crippen LogP contribution in [0.5, 0.6) is 11.5 Å². The van der Waals surface area contributed by atoms with Crippen LogP contribution in [0.3, 0.4) is 0 Å². The summed E-state index contributed by atoms with van der Waals surface area (Å²) in [7, 11) is -1.28. The van der Waals surface area contributed by atoms with Crippen molar-refractivity contribution in [3.63, 3.8) is 0 Å². The van der Waals surface area contributed by atoms with Crippen molar-refractivity contribution in [3.8, 4) is 23.3 Å². The van der Waals surface area contributed by atoms with E-state index >= 15 is 0 Å². The molecule has 0 saturated carbocycles. The Labute approximate surface area is 186 Å². The highest BCUT2D eigenvalue weighted by Gasteiger charge is 2.27. The largest absolute Gasteiger partial charge is 0.497 e. The second-order valence-electron chi connectivity index (χ2n) is 6.72. The second-order valence-corrected chi connectivity index (χ2v) is 8.81. The molecule has 0 unspecified atom stereocenters. The molecule has 0 saturated heterocycles. The zero-order valence-electron chi connectivity index (χ0n) is 17.4. The molecule has 0 bridgehead atoms. The Morgan fingerprint density at radius 2 is 1.87 bits per heavy atom. The number of hydrogen-bond donors (Lipinski definition) is 2. The molecular weight excluding hydrogens is 446 g/mol. The molecule has 10 heteroatoms. The van der Waals surface area contributed by atoms with E-state index in [2.05, 4.69) is 16.6 Å². The quantitative estimate of drug-likeness (QED) is 0.572. The number of nitrogens with one attached hydrogen (secondary N) is 1. The van der Waals surface area contributed by atoms with Crippen LogP contribution in [0, 0.1) is 11.8 Å². The van der Waals surface area contributed by atoms with Gasteiger partial charge in [0.25, 0.3) is 10.0 Å². The zero-order valence-corrected chi connectivity index (χ0v) is 18.9. The van der Waals surface area contributed by atoms with Crippen LogP contribution in [0.2, 0.25) is 5.02 Å². The normalized spacial score (nSPS) is 11.3. The van der Waals surface area contributed by atoms with Crippen LogP contribution in [0.15, 0.2) is 41.3 Å². The molecule has 0 aliphatic carbocycles. The Morgan fingerprint density at radius 3 is 2.48 bits per heavy atom. The van der Waals surface area contributed by atoms with Gasteiger partial charge in [-0.25, -0.2) is 13.2 Å². The van der Waals surface area contributed by atoms with Gasteiger partial charge in [-0.15, -0.1) is 0 Å². The lowest BCUT2D eigenvalue weighted by Gasteiger charge is -2.17. The van der Waals surface area contributed by atoms with Gasteiger partial charge in [0.15, 0.2) is 5.60 Å². The monoisotopic (exact) mass is 467 g/mol. The van der Waals surface area contributed by atoms with Crippen molar-refractivity contribution in [2.24, 2.45) is 0 Å². The second kappa shape index (κ2) is 9.92. The fourth-order valence-corrected chi connectivity index (χ4v) is 3.75. The highest BCUT2D eigenvalue weighted by Crippen LogP contribution is 2.31. The number of methoxy groups -OCH3 is 2. The Bertz CT molecular complexity index is 1130. The van der Waals surface area contributed by atoms with Gasteiger partial charge >= 0.3 is 5.97 Å². The maximum atomic E-state index is 13.0. The first-order valence-corrected chi connectivity index (χ1v) is 10.8. The molecule has 2 N–H and O–H groups in total. The van der Waals surface area contributed by atoms with E-state index in [1.807, 2.05) is 0 Å². The summed E-state index contributed by atoms with van der Waals surface area (Å²) in [6.07, 6.45) is 0. The van der Waals surface area contributed by atoms with Gasteiger partial charge < -0.3 is 19.3 Å². The van der Waals surface area contributed by atoms with Gasteiger partial charge in [-0.05, 0) is 44.2 Å². The van der Waals surface area contributed by atoms with Gasteiger partial charge in [-0.2, -0.15) is 0 Å². The first kappa shape index (κ1) is 24.3. The summed E-state index contributed by atoms with van der Waals surface area (Å²) in [6.45, 7) is 2.62. The maximum Gasteiger partial charge on any atom is 0.335 e. The minimum Gasteiger partial charge on any atom is -0.497 e. The summed E-state index contributed by atoms with van der Waals surface area (Å²) >= 11 is 6.03. The summed E-state index contributed by atoms with van der Waals surface area (Å²) in [5.41, 5.74) is -0.940. The molecule has 0 radical (unpaired) electrons. The number of aliphatic carboxylic acids is 1. The Kier molecular flexibility index (Phi) is 7.79. The molecule has 31 heavy (non-hydrogen) atoms. The summed E-state index contributed by atoms with van der Waals surface area (Å²) in [6, 6.07) is 8.87. The van der Waals surface area contributed by atoms with Gasteiger partial charge in [-0.1, -0.05) is 23.4 Å². The number of carbonyl (C=O) groups is 1. The van der Waals surface area contributed by atoms with Crippen LogP contribution >= 0.6 is 11.6 Å². The average Bonchev–Trinajstić information content (AvgIpc) is 2.72. The Hall–Kier alpha value is -2.93. The number of carboxylic acids is 1. The topological polar surface area (TPSA) is 111 Å². The number of sulfonamides is 1. The van der Waals surface area contributed by atoms with Crippen LogP contribution in [-0.2, 0) is 19.6 Å². The van der Waals surface area contributed by atoms with Gasteiger partial charge in [0, 0.05) is 11.1 Å². The maximum absolute atomic E-state index is 13.0. The van der Waals surface area contributed by atoms with Crippen molar-refractivity contribution < 1.29 is 32.5 Å². The number of ether oxygens (including phenoxy) is 3. The van der Waals surface area contributed by atoms with Crippen molar-refractivity contribution in [1.29, 1.82) is 0 Å². The third kappa shape index (κ3) is 6.28. The van der Waals surface area contributed by atoms with Crippen LogP contribution < -0.4 is 14.2 Å². The molecule has 0 aromatic heterocycles. The van der Waals surface area contributed by atoms with Crippen LogP contribution in [0.4, 0.5) is 5.69 Å². The number of halogens is 1. The van der Waals surface area contributed by atoms with E-state index in [9.17, 15) is 13.2 Å². The summed E-state index contributed by atoms with van der Waals surface area (Å²) < 4.78 is 44.0. The summed E-state index contributed by atoms with van der Waals surface area (Å²) in [4.78, 5) is 11.0. The molecule has 0 heterocycles. The third-order valence-electron chi connectivity index (χ3n) is 4.13. The molecule has 0 atom stereocenters. The number of hydrogen-bond acceptors (Lipinski definition) is 6. The predicted octanol–water partition coefficient (Wildman–Crippen LogP) is 3.39. The number of carboxylic acid groups (broad SMARTS) is 1. The molecule has 0 amide bonds. The van der Waals surface area contributed by atoms with Crippen LogP contribution in [-0.4, -0.2) is 45.9 Å². The molecule has 8 nitrogen and oxygen atoms in total. The average molecular weight is 468 g/mol. The van der Waals surface area contributed by atoms with Gasteiger partial charge in [0.05, 0.1) is 25.5 Å². The fourth-order valence-electron chi connectivity index (χ4n) is 2.31. The SMILES string of the molecule is COc1ccc(OC)c(S(=O)(=O)Nc2ccc(Cl)cc2C#CCOC(C)(C)C(=O)O)c1. The molecule has 0 aliphatic heterocycles. The lowest BCUT2D eigenvalue weighted by molar-refractivity contribution is -0.159. The molecule has 0 fully saturated rings. The Balaban J connectivity index is 2.35. The summed E-state index contributed by atoms with van der Waals surface area (Å²) in [5, 5.41) is 9.41. The van der Waals surface area contributed by atoms with E-state index in [0.717, 1.165) is 0 Å². The van der Waals surface area contributed by atoms with E-state index in [-0.39, 0.29) is 28.5 Å². The number of benzene rings is 2. The molecular formula is C21H22ClNO7S. The van der Waals surface area contributed by atoms with E-state index < -0.39 is 21.6 Å². The van der Waals surface area contributed by atoms with Crippen molar-refractivity contribution in [2.45, 2.75) is 24.3 Å². The lowest BCUT2D eigenvalue weighted by Crippen LogP contribution is -2.34. The first-order valence-electron chi connectivity index (χ1n) is 8.91. The standard InChI is InChI=1S/C21H22ClNO7S/c1-21(2,20(24)25)30-11-5-6-14-12-15(22)7-9-17(14)23-31(26,27)19-13-16(28-3)8-10-18(19)29-4/h7-10,12-13,23H,11H2,1-4H3,(H,24,25). The summed E-state index contributed by atoms with van der Waals surface area (Å²) in [5.74, 6) is 4.78. The smallest absolute Gasteiger partial charge is 0.335 e. The van der Waals surface area contributed by atoms with Crippen molar-refractivity contribution in [2.75, 3.05) is 25.5 Å². The Morgan fingerprint density at radius 1 is 1.16 bits per heavy atom. The predicted molar refractivity (Wildman–Crippen MR) is 116 cm³/mol. The zero-order chi connectivity index (χ0) is 23.2. The highest BCUT2D eigenvalue weighted by atomic mass is 35.5. The van der Waals surface area contributed by atoms with Crippen LogP contribution in [0.25, 0.3) is 0 Å². The van der Waals surface area contributed by atoms with E-state index in [0.29, 0.717) is 10.8 Å². The first-order chi connectivity index (χ1) is 14.5. The molecule has 2 rings (SSSR count). The number of anilines is 1. The molecule has 166 valence electrons. The van der Waals surface area contributed by atoms with Crippen LogP contribution in [0.1, 0.15) is 19.4 Å². The third-order valence-corrected chi connectivity index (χ3v) is 5.75. The van der Waals surface area contributed by atoms with Crippen molar-refractivity contribution in [1.82, 2.24) is 0 Å². The fraction of sp³-hybridized carbons (Fsp3) is 0.286.